The van der Waals surface area contributed by atoms with E-state index in [2.05, 4.69) is 26.3 Å². The number of nitrogens with two attached hydrogens (primary N) is 1. The summed E-state index contributed by atoms with van der Waals surface area (Å²) in [4.78, 5) is 11.2. The molecule has 21 heavy (non-hydrogen) atoms. The second-order valence-electron chi connectivity index (χ2n) is 4.48. The molecule has 0 saturated heterocycles. The van der Waals surface area contributed by atoms with Gasteiger partial charge in [-0.05, 0) is 17.7 Å². The Bertz CT molecular complexity index is 627. The lowest BCUT2D eigenvalue weighted by atomic mass is 10.1. The van der Waals surface area contributed by atoms with E-state index in [0.717, 1.165) is 22.3 Å². The minimum atomic E-state index is -0.490. The fourth-order valence-corrected chi connectivity index (χ4v) is 2.23. The standard InChI is InChI=1S/C14H17BrN4O2/c1-21-5-4-17-7-10-2-3-12(15)6-13(10)19-9-11(8-18-19)14(16)20/h2-3,6,8-9,17H,4-5,7H2,1H3,(H2,16,20). The minimum Gasteiger partial charge on any atom is -0.383 e. The maximum atomic E-state index is 11.2. The number of benzene rings is 1. The maximum Gasteiger partial charge on any atom is 0.251 e. The summed E-state index contributed by atoms with van der Waals surface area (Å²) in [5.41, 5.74) is 7.60. The first kappa shape index (κ1) is 15.7. The molecule has 0 aliphatic rings. The summed E-state index contributed by atoms with van der Waals surface area (Å²) in [7, 11) is 1.67. The average Bonchev–Trinajstić information content (AvgIpc) is 2.94. The summed E-state index contributed by atoms with van der Waals surface area (Å²) in [6, 6.07) is 5.92. The van der Waals surface area contributed by atoms with Crippen LogP contribution in [0.3, 0.4) is 0 Å². The second-order valence-corrected chi connectivity index (χ2v) is 5.40. The molecular weight excluding hydrogens is 336 g/mol. The van der Waals surface area contributed by atoms with Crippen LogP contribution in [0.25, 0.3) is 5.69 Å². The van der Waals surface area contributed by atoms with Crippen molar-refractivity contribution < 1.29 is 9.53 Å². The van der Waals surface area contributed by atoms with Crippen LogP contribution in [0.5, 0.6) is 0 Å². The molecule has 1 aromatic carbocycles. The summed E-state index contributed by atoms with van der Waals surface area (Å²) in [5.74, 6) is -0.490. The smallest absolute Gasteiger partial charge is 0.251 e. The van der Waals surface area contributed by atoms with E-state index in [1.54, 1.807) is 18.0 Å². The largest absolute Gasteiger partial charge is 0.383 e. The molecule has 2 rings (SSSR count). The number of nitrogens with zero attached hydrogens (tertiary/aromatic N) is 2. The van der Waals surface area contributed by atoms with E-state index in [9.17, 15) is 4.79 Å². The van der Waals surface area contributed by atoms with E-state index >= 15 is 0 Å². The highest BCUT2D eigenvalue weighted by Gasteiger charge is 2.09. The number of hydrogen-bond donors (Lipinski definition) is 2. The van der Waals surface area contributed by atoms with Gasteiger partial charge in [0.05, 0.1) is 24.1 Å². The van der Waals surface area contributed by atoms with Crippen LogP contribution in [0, 0.1) is 0 Å². The van der Waals surface area contributed by atoms with Gasteiger partial charge < -0.3 is 15.8 Å². The molecule has 0 saturated carbocycles. The maximum absolute atomic E-state index is 11.2. The van der Waals surface area contributed by atoms with Crippen LogP contribution in [-0.4, -0.2) is 35.9 Å². The van der Waals surface area contributed by atoms with Gasteiger partial charge in [-0.2, -0.15) is 5.10 Å². The van der Waals surface area contributed by atoms with Gasteiger partial charge in [-0.15, -0.1) is 0 Å². The lowest BCUT2D eigenvalue weighted by molar-refractivity contribution is 0.100. The van der Waals surface area contributed by atoms with E-state index in [0.29, 0.717) is 18.7 Å². The third-order valence-electron chi connectivity index (χ3n) is 2.96. The lowest BCUT2D eigenvalue weighted by Gasteiger charge is -2.11. The van der Waals surface area contributed by atoms with Crippen molar-refractivity contribution in [3.05, 3.63) is 46.2 Å². The Labute approximate surface area is 131 Å². The normalized spacial score (nSPS) is 10.8. The van der Waals surface area contributed by atoms with Crippen molar-refractivity contribution in [2.45, 2.75) is 6.54 Å². The molecule has 0 bridgehead atoms. The Balaban J connectivity index is 2.23. The number of nitrogens with one attached hydrogen (secondary N) is 1. The molecule has 3 N–H and O–H groups in total. The molecule has 0 aliphatic carbocycles. The Morgan fingerprint density at radius 2 is 2.33 bits per heavy atom. The predicted octanol–water partition coefficient (Wildman–Crippen LogP) is 1.47. The number of halogens is 1. The number of methoxy groups -OCH3 is 1. The van der Waals surface area contributed by atoms with Crippen molar-refractivity contribution in [2.24, 2.45) is 5.73 Å². The zero-order valence-corrected chi connectivity index (χ0v) is 13.3. The number of rotatable bonds is 7. The molecule has 1 aromatic heterocycles. The monoisotopic (exact) mass is 352 g/mol. The molecule has 112 valence electrons. The third-order valence-corrected chi connectivity index (χ3v) is 3.45. The zero-order chi connectivity index (χ0) is 15.2. The molecule has 0 spiro atoms. The van der Waals surface area contributed by atoms with Crippen LogP contribution in [0.15, 0.2) is 35.1 Å². The van der Waals surface area contributed by atoms with E-state index in [1.807, 2.05) is 18.2 Å². The number of amides is 1. The topological polar surface area (TPSA) is 82.2 Å². The van der Waals surface area contributed by atoms with Gasteiger partial charge in [-0.3, -0.25) is 4.79 Å². The molecule has 1 amide bonds. The molecule has 7 heteroatoms. The first-order chi connectivity index (χ1) is 10.1. The molecule has 0 aliphatic heterocycles. The molecule has 2 aromatic rings. The number of hydrogen-bond acceptors (Lipinski definition) is 4. The van der Waals surface area contributed by atoms with Gasteiger partial charge in [0.1, 0.15) is 0 Å². The van der Waals surface area contributed by atoms with Crippen LogP contribution >= 0.6 is 15.9 Å². The minimum absolute atomic E-state index is 0.383. The van der Waals surface area contributed by atoms with E-state index < -0.39 is 5.91 Å². The van der Waals surface area contributed by atoms with Crippen molar-refractivity contribution in [3.63, 3.8) is 0 Å². The molecule has 0 atom stereocenters. The first-order valence-electron chi connectivity index (χ1n) is 6.44. The molecule has 1 heterocycles. The quantitative estimate of drug-likeness (QED) is 0.739. The van der Waals surface area contributed by atoms with Crippen molar-refractivity contribution in [3.8, 4) is 5.69 Å². The second kappa shape index (κ2) is 7.35. The van der Waals surface area contributed by atoms with Gasteiger partial charge in [-0.1, -0.05) is 22.0 Å². The molecule has 6 nitrogen and oxygen atoms in total. The summed E-state index contributed by atoms with van der Waals surface area (Å²) in [5, 5.41) is 7.49. The van der Waals surface area contributed by atoms with E-state index in [1.165, 1.54) is 6.20 Å². The zero-order valence-electron chi connectivity index (χ0n) is 11.7. The fraction of sp³-hybridized carbons (Fsp3) is 0.286. The van der Waals surface area contributed by atoms with Crippen molar-refractivity contribution in [1.29, 1.82) is 0 Å². The molecule has 0 fully saturated rings. The highest BCUT2D eigenvalue weighted by Crippen LogP contribution is 2.20. The number of aromatic nitrogens is 2. The number of primary amides is 1. The Morgan fingerprint density at radius 3 is 3.00 bits per heavy atom. The Kier molecular flexibility index (Phi) is 5.49. The van der Waals surface area contributed by atoms with Gasteiger partial charge in [0, 0.05) is 30.9 Å². The van der Waals surface area contributed by atoms with E-state index in [4.69, 9.17) is 10.5 Å². The highest BCUT2D eigenvalue weighted by molar-refractivity contribution is 9.10. The van der Waals surface area contributed by atoms with Crippen LogP contribution in [-0.2, 0) is 11.3 Å². The lowest BCUT2D eigenvalue weighted by Crippen LogP contribution is -2.19. The molecule has 0 radical (unpaired) electrons. The Morgan fingerprint density at radius 1 is 1.52 bits per heavy atom. The van der Waals surface area contributed by atoms with Gasteiger partial charge in [-0.25, -0.2) is 4.68 Å². The summed E-state index contributed by atoms with van der Waals surface area (Å²) in [6.45, 7) is 2.09. The van der Waals surface area contributed by atoms with Gasteiger partial charge >= 0.3 is 0 Å². The highest BCUT2D eigenvalue weighted by atomic mass is 79.9. The SMILES string of the molecule is COCCNCc1ccc(Br)cc1-n1cc(C(N)=O)cn1. The van der Waals surface area contributed by atoms with Crippen LogP contribution in [0.1, 0.15) is 15.9 Å². The number of carbonyl (C=O) groups is 1. The number of ether oxygens (including phenoxy) is 1. The van der Waals surface area contributed by atoms with Crippen molar-refractivity contribution >= 4 is 21.8 Å². The average molecular weight is 353 g/mol. The van der Waals surface area contributed by atoms with E-state index in [-0.39, 0.29) is 0 Å². The number of carbonyl (C=O) groups excluding carboxylic acids is 1. The third kappa shape index (κ3) is 4.13. The summed E-state index contributed by atoms with van der Waals surface area (Å²) < 4.78 is 7.59. The summed E-state index contributed by atoms with van der Waals surface area (Å²) >= 11 is 3.45. The van der Waals surface area contributed by atoms with Gasteiger partial charge in [0.25, 0.3) is 5.91 Å². The molecule has 0 unspecified atom stereocenters. The van der Waals surface area contributed by atoms with Gasteiger partial charge in [0.2, 0.25) is 0 Å². The van der Waals surface area contributed by atoms with Gasteiger partial charge in [0.15, 0.2) is 0 Å². The van der Waals surface area contributed by atoms with Crippen molar-refractivity contribution in [1.82, 2.24) is 15.1 Å². The summed E-state index contributed by atoms with van der Waals surface area (Å²) in [6.07, 6.45) is 3.09. The predicted molar refractivity (Wildman–Crippen MR) is 83.4 cm³/mol. The Hall–Kier alpha value is -1.70. The molecular formula is C14H17BrN4O2. The van der Waals surface area contributed by atoms with Crippen molar-refractivity contribution in [2.75, 3.05) is 20.3 Å². The first-order valence-corrected chi connectivity index (χ1v) is 7.24. The van der Waals surface area contributed by atoms with Crippen LogP contribution in [0.4, 0.5) is 0 Å². The fourth-order valence-electron chi connectivity index (χ4n) is 1.88. The van der Waals surface area contributed by atoms with Crippen LogP contribution in [0.2, 0.25) is 0 Å². The van der Waals surface area contributed by atoms with Crippen LogP contribution < -0.4 is 11.1 Å².